The molecule has 0 amide bonds. The Morgan fingerprint density at radius 3 is 2.29 bits per heavy atom. The van der Waals surface area contributed by atoms with Crippen LogP contribution >= 0.6 is 0 Å². The summed E-state index contributed by atoms with van der Waals surface area (Å²) in [5.41, 5.74) is 0.786. The first-order valence-electron chi connectivity index (χ1n) is 5.92. The normalized spacial score (nSPS) is 13.7. The third-order valence-corrected chi connectivity index (χ3v) is 2.56. The highest BCUT2D eigenvalue weighted by atomic mass is 19.1. The van der Waals surface area contributed by atoms with Crippen LogP contribution in [0.1, 0.15) is 38.7 Å². The highest BCUT2D eigenvalue weighted by Crippen LogP contribution is 2.20. The topological polar surface area (TPSA) is 29.5 Å². The Hall–Kier alpha value is -0.930. The van der Waals surface area contributed by atoms with E-state index in [1.165, 1.54) is 12.1 Å². The minimum atomic E-state index is -0.253. The highest BCUT2D eigenvalue weighted by Gasteiger charge is 2.14. The number of aliphatic hydroxyl groups is 1. The van der Waals surface area contributed by atoms with Crippen molar-refractivity contribution in [2.75, 3.05) is 13.2 Å². The maximum absolute atomic E-state index is 12.8. The highest BCUT2D eigenvalue weighted by molar-refractivity contribution is 5.20. The van der Waals surface area contributed by atoms with Gasteiger partial charge in [0.25, 0.3) is 0 Å². The molecule has 0 aromatic heterocycles. The Morgan fingerprint density at radius 1 is 1.24 bits per heavy atom. The molecule has 1 aromatic rings. The summed E-state index contributed by atoms with van der Waals surface area (Å²) in [5, 5.41) is 9.33. The van der Waals surface area contributed by atoms with Crippen LogP contribution < -0.4 is 0 Å². The molecule has 0 spiro atoms. The lowest BCUT2D eigenvalue weighted by Gasteiger charge is -2.22. The zero-order chi connectivity index (χ0) is 12.9. The monoisotopic (exact) mass is 240 g/mol. The molecule has 0 aliphatic carbocycles. The van der Waals surface area contributed by atoms with Crippen molar-refractivity contribution in [2.24, 2.45) is 0 Å². The van der Waals surface area contributed by atoms with E-state index in [-0.39, 0.29) is 23.9 Å². The lowest BCUT2D eigenvalue weighted by molar-refractivity contribution is -0.00804. The van der Waals surface area contributed by atoms with Gasteiger partial charge in [-0.1, -0.05) is 12.1 Å². The van der Waals surface area contributed by atoms with E-state index in [0.29, 0.717) is 6.61 Å². The van der Waals surface area contributed by atoms with Crippen LogP contribution in [-0.4, -0.2) is 23.9 Å². The Morgan fingerprint density at radius 2 is 1.82 bits per heavy atom. The molecule has 2 nitrogen and oxygen atoms in total. The first-order valence-corrected chi connectivity index (χ1v) is 5.92. The molecular weight excluding hydrogens is 219 g/mol. The fourth-order valence-corrected chi connectivity index (χ4v) is 1.61. The maximum atomic E-state index is 12.8. The lowest BCUT2D eigenvalue weighted by atomic mass is 9.97. The van der Waals surface area contributed by atoms with Crippen molar-refractivity contribution in [2.45, 2.75) is 38.7 Å². The SMILES string of the molecule is CC(C)(C)OCCC(CO)c1ccc(F)cc1. The quantitative estimate of drug-likeness (QED) is 0.857. The molecule has 17 heavy (non-hydrogen) atoms. The Labute approximate surface area is 102 Å². The molecule has 1 aromatic carbocycles. The van der Waals surface area contributed by atoms with Crippen LogP contribution in [0.4, 0.5) is 4.39 Å². The van der Waals surface area contributed by atoms with E-state index in [2.05, 4.69) is 0 Å². The van der Waals surface area contributed by atoms with E-state index in [0.717, 1.165) is 12.0 Å². The van der Waals surface area contributed by atoms with Gasteiger partial charge in [0.15, 0.2) is 0 Å². The van der Waals surface area contributed by atoms with E-state index in [1.807, 2.05) is 20.8 Å². The Bertz CT molecular complexity index is 327. The van der Waals surface area contributed by atoms with Crippen molar-refractivity contribution >= 4 is 0 Å². The van der Waals surface area contributed by atoms with Gasteiger partial charge in [-0.25, -0.2) is 4.39 Å². The van der Waals surface area contributed by atoms with E-state index in [1.54, 1.807) is 12.1 Å². The number of hydrogen-bond donors (Lipinski definition) is 1. The summed E-state index contributed by atoms with van der Waals surface area (Å²) in [6.07, 6.45) is 0.736. The van der Waals surface area contributed by atoms with Crippen molar-refractivity contribution in [3.05, 3.63) is 35.6 Å². The van der Waals surface area contributed by atoms with E-state index in [4.69, 9.17) is 4.74 Å². The van der Waals surface area contributed by atoms with Crippen LogP contribution in [0.15, 0.2) is 24.3 Å². The predicted octanol–water partition coefficient (Wildman–Crippen LogP) is 3.11. The number of ether oxygens (including phenoxy) is 1. The van der Waals surface area contributed by atoms with Crippen LogP contribution in [-0.2, 0) is 4.74 Å². The second-order valence-electron chi connectivity index (χ2n) is 5.18. The molecule has 0 aliphatic rings. The molecule has 0 aliphatic heterocycles. The second kappa shape index (κ2) is 6.12. The standard InChI is InChI=1S/C14H21FO2/c1-14(2,3)17-9-8-12(10-16)11-4-6-13(15)7-5-11/h4-7,12,16H,8-10H2,1-3H3. The van der Waals surface area contributed by atoms with Crippen molar-refractivity contribution < 1.29 is 14.2 Å². The summed E-state index contributed by atoms with van der Waals surface area (Å²) < 4.78 is 18.4. The maximum Gasteiger partial charge on any atom is 0.123 e. The van der Waals surface area contributed by atoms with Gasteiger partial charge in [0.2, 0.25) is 0 Å². The van der Waals surface area contributed by atoms with Crippen LogP contribution in [0, 0.1) is 5.82 Å². The molecule has 0 heterocycles. The number of benzene rings is 1. The van der Waals surface area contributed by atoms with Crippen molar-refractivity contribution in [3.8, 4) is 0 Å². The summed E-state index contributed by atoms with van der Waals surface area (Å²) in [4.78, 5) is 0. The lowest BCUT2D eigenvalue weighted by Crippen LogP contribution is -2.21. The van der Waals surface area contributed by atoms with E-state index in [9.17, 15) is 9.50 Å². The second-order valence-corrected chi connectivity index (χ2v) is 5.18. The molecule has 3 heteroatoms. The molecule has 1 unspecified atom stereocenters. The Kier molecular flexibility index (Phi) is 5.09. The summed E-state index contributed by atoms with van der Waals surface area (Å²) in [6, 6.07) is 6.27. The number of hydrogen-bond acceptors (Lipinski definition) is 2. The first kappa shape index (κ1) is 14.1. The van der Waals surface area contributed by atoms with Gasteiger partial charge in [-0.15, -0.1) is 0 Å². The molecule has 1 rings (SSSR count). The van der Waals surface area contributed by atoms with Gasteiger partial charge in [-0.2, -0.15) is 0 Å². The number of rotatable bonds is 5. The molecule has 0 saturated heterocycles. The fraction of sp³-hybridized carbons (Fsp3) is 0.571. The summed E-state index contributed by atoms with van der Waals surface area (Å²) in [6.45, 7) is 6.64. The number of halogens is 1. The Balaban J connectivity index is 2.51. The van der Waals surface area contributed by atoms with Crippen molar-refractivity contribution in [1.82, 2.24) is 0 Å². The minimum Gasteiger partial charge on any atom is -0.396 e. The van der Waals surface area contributed by atoms with Crippen molar-refractivity contribution in [3.63, 3.8) is 0 Å². The molecule has 0 saturated carbocycles. The molecule has 0 fully saturated rings. The molecule has 1 atom stereocenters. The van der Waals surface area contributed by atoms with Gasteiger partial charge in [-0.05, 0) is 44.9 Å². The molecule has 1 N–H and O–H groups in total. The zero-order valence-electron chi connectivity index (χ0n) is 10.7. The minimum absolute atomic E-state index is 0.0120. The molecule has 0 bridgehead atoms. The largest absolute Gasteiger partial charge is 0.396 e. The van der Waals surface area contributed by atoms with Crippen LogP contribution in [0.2, 0.25) is 0 Å². The summed E-state index contributed by atoms with van der Waals surface area (Å²) >= 11 is 0. The van der Waals surface area contributed by atoms with Crippen molar-refractivity contribution in [1.29, 1.82) is 0 Å². The molecule has 96 valence electrons. The van der Waals surface area contributed by atoms with Gasteiger partial charge < -0.3 is 9.84 Å². The van der Waals surface area contributed by atoms with Crippen LogP contribution in [0.25, 0.3) is 0 Å². The third-order valence-electron chi connectivity index (χ3n) is 2.56. The average Bonchev–Trinajstić information content (AvgIpc) is 2.24. The first-order chi connectivity index (χ1) is 7.92. The van der Waals surface area contributed by atoms with Gasteiger partial charge in [0.05, 0.1) is 12.2 Å². The summed E-state index contributed by atoms with van der Waals surface area (Å²) in [5.74, 6) is -0.241. The zero-order valence-corrected chi connectivity index (χ0v) is 10.7. The molecule has 0 radical (unpaired) electrons. The average molecular weight is 240 g/mol. The fourth-order valence-electron chi connectivity index (χ4n) is 1.61. The third kappa shape index (κ3) is 5.29. The van der Waals surface area contributed by atoms with Crippen LogP contribution in [0.3, 0.4) is 0 Å². The van der Waals surface area contributed by atoms with Crippen LogP contribution in [0.5, 0.6) is 0 Å². The van der Waals surface area contributed by atoms with E-state index < -0.39 is 0 Å². The number of aliphatic hydroxyl groups excluding tert-OH is 1. The van der Waals surface area contributed by atoms with Gasteiger partial charge >= 0.3 is 0 Å². The van der Waals surface area contributed by atoms with Gasteiger partial charge in [-0.3, -0.25) is 0 Å². The van der Waals surface area contributed by atoms with Gasteiger partial charge in [0, 0.05) is 12.5 Å². The molecular formula is C14H21FO2. The van der Waals surface area contributed by atoms with E-state index >= 15 is 0 Å². The predicted molar refractivity (Wildman–Crippen MR) is 66.5 cm³/mol. The smallest absolute Gasteiger partial charge is 0.123 e. The van der Waals surface area contributed by atoms with Gasteiger partial charge in [0.1, 0.15) is 5.82 Å². The summed E-state index contributed by atoms with van der Waals surface area (Å²) in [7, 11) is 0.